The van der Waals surface area contributed by atoms with E-state index in [-0.39, 0.29) is 17.5 Å². The molecule has 202 valence electrons. The van der Waals surface area contributed by atoms with Crippen molar-refractivity contribution in [2.24, 2.45) is 5.92 Å². The summed E-state index contributed by atoms with van der Waals surface area (Å²) in [5.41, 5.74) is 2.46. The Hall–Kier alpha value is -2.45. The number of nitrogens with one attached hydrogen (secondary N) is 3. The summed E-state index contributed by atoms with van der Waals surface area (Å²) in [5, 5.41) is 12.6. The Morgan fingerprint density at radius 2 is 1.76 bits per heavy atom. The first-order valence-corrected chi connectivity index (χ1v) is 14.5. The Balaban J connectivity index is 1.19. The molecular weight excluding hydrogens is 484 g/mol. The van der Waals surface area contributed by atoms with Crippen molar-refractivity contribution >= 4 is 28.5 Å². The maximum Gasteiger partial charge on any atom is 0.408 e. The van der Waals surface area contributed by atoms with Crippen molar-refractivity contribution in [3.63, 3.8) is 0 Å². The average molecular weight is 527 g/mol. The molecule has 0 aliphatic heterocycles. The van der Waals surface area contributed by atoms with Crippen molar-refractivity contribution in [2.45, 2.75) is 103 Å². The predicted molar refractivity (Wildman–Crippen MR) is 150 cm³/mol. The number of thiazole rings is 1. The number of aromatic nitrogens is 1. The Bertz CT molecular complexity index is 1050. The number of nitrogens with zero attached hydrogens (tertiary/aromatic N) is 1. The van der Waals surface area contributed by atoms with Gasteiger partial charge in [0.1, 0.15) is 5.60 Å². The van der Waals surface area contributed by atoms with E-state index in [9.17, 15) is 9.59 Å². The van der Waals surface area contributed by atoms with Crippen LogP contribution < -0.4 is 16.0 Å². The fourth-order valence-electron chi connectivity index (χ4n) is 5.45. The second-order valence-corrected chi connectivity index (χ2v) is 12.7. The summed E-state index contributed by atoms with van der Waals surface area (Å²) >= 11 is 1.47. The van der Waals surface area contributed by atoms with Gasteiger partial charge in [0, 0.05) is 30.0 Å². The summed E-state index contributed by atoms with van der Waals surface area (Å²) < 4.78 is 5.52. The number of benzene rings is 1. The van der Waals surface area contributed by atoms with Crippen molar-refractivity contribution in [1.82, 2.24) is 15.6 Å². The Morgan fingerprint density at radius 1 is 1.08 bits per heavy atom. The first-order valence-electron chi connectivity index (χ1n) is 13.7. The quantitative estimate of drug-likeness (QED) is 0.368. The molecule has 3 N–H and O–H groups in total. The largest absolute Gasteiger partial charge is 0.444 e. The third kappa shape index (κ3) is 8.27. The molecule has 2 amide bonds. The SMILES string of the molecule is Cc1ccc(-c2csc(NC(=O)C[C@H]3CC[C@@H](NCC4(NC(=O)OC(C)(C)C)CCCC4)CC3)n2)cc1. The minimum atomic E-state index is -0.495. The molecular formula is C29H42N4O3S. The molecule has 2 fully saturated rings. The van der Waals surface area contributed by atoms with Gasteiger partial charge in [0.2, 0.25) is 5.91 Å². The van der Waals surface area contributed by atoms with Gasteiger partial charge in [-0.25, -0.2) is 9.78 Å². The topological polar surface area (TPSA) is 92.4 Å². The van der Waals surface area contributed by atoms with E-state index < -0.39 is 5.60 Å². The summed E-state index contributed by atoms with van der Waals surface area (Å²) in [6.07, 6.45) is 8.61. The van der Waals surface area contributed by atoms with E-state index in [1.54, 1.807) is 0 Å². The molecule has 1 aromatic heterocycles. The molecule has 4 rings (SSSR count). The van der Waals surface area contributed by atoms with E-state index >= 15 is 0 Å². The van der Waals surface area contributed by atoms with Crippen LogP contribution >= 0.6 is 11.3 Å². The first-order chi connectivity index (χ1) is 17.6. The number of rotatable bonds is 8. The Kier molecular flexibility index (Phi) is 8.90. The molecule has 1 aromatic carbocycles. The number of hydrogen-bond acceptors (Lipinski definition) is 6. The minimum Gasteiger partial charge on any atom is -0.444 e. The van der Waals surface area contributed by atoms with Crippen LogP contribution in [-0.4, -0.2) is 40.7 Å². The molecule has 2 aromatic rings. The van der Waals surface area contributed by atoms with Gasteiger partial charge in [0.25, 0.3) is 0 Å². The van der Waals surface area contributed by atoms with Gasteiger partial charge in [-0.2, -0.15) is 0 Å². The molecule has 0 radical (unpaired) electrons. The second-order valence-electron chi connectivity index (χ2n) is 11.9. The van der Waals surface area contributed by atoms with Gasteiger partial charge in [-0.3, -0.25) is 4.79 Å². The molecule has 0 saturated heterocycles. The van der Waals surface area contributed by atoms with Crippen LogP contribution in [-0.2, 0) is 9.53 Å². The van der Waals surface area contributed by atoms with Crippen molar-refractivity contribution in [1.29, 1.82) is 0 Å². The lowest BCUT2D eigenvalue weighted by Gasteiger charge is -2.35. The van der Waals surface area contributed by atoms with Crippen LogP contribution in [0.5, 0.6) is 0 Å². The highest BCUT2D eigenvalue weighted by Gasteiger charge is 2.37. The van der Waals surface area contributed by atoms with E-state index in [4.69, 9.17) is 4.74 Å². The van der Waals surface area contributed by atoms with Crippen molar-refractivity contribution in [3.8, 4) is 11.3 Å². The molecule has 37 heavy (non-hydrogen) atoms. The van der Waals surface area contributed by atoms with Crippen molar-refractivity contribution in [2.75, 3.05) is 11.9 Å². The number of amides is 2. The van der Waals surface area contributed by atoms with Gasteiger partial charge in [0.05, 0.1) is 11.2 Å². The molecule has 0 unspecified atom stereocenters. The van der Waals surface area contributed by atoms with E-state index in [1.807, 2.05) is 26.2 Å². The Morgan fingerprint density at radius 3 is 2.41 bits per heavy atom. The first kappa shape index (κ1) is 27.6. The lowest BCUT2D eigenvalue weighted by molar-refractivity contribution is -0.117. The van der Waals surface area contributed by atoms with Crippen LogP contribution in [0.2, 0.25) is 0 Å². The monoisotopic (exact) mass is 526 g/mol. The summed E-state index contributed by atoms with van der Waals surface area (Å²) in [6, 6.07) is 8.69. The lowest BCUT2D eigenvalue weighted by atomic mass is 9.83. The number of carbonyl (C=O) groups excluding carboxylic acids is 2. The standard InChI is InChI=1S/C29H42N4O3S/c1-20-7-11-22(12-8-20)24-18-37-26(31-24)32-25(34)17-21-9-13-23(14-10-21)30-19-29(15-5-6-16-29)33-27(35)36-28(2,3)4/h7-8,11-12,18,21,23,30H,5-6,9-10,13-17,19H2,1-4H3,(H,33,35)(H,31,32,34)/t21-,23+. The van der Waals surface area contributed by atoms with Crippen LogP contribution in [0.25, 0.3) is 11.3 Å². The van der Waals surface area contributed by atoms with E-state index in [0.29, 0.717) is 23.5 Å². The highest BCUT2D eigenvalue weighted by Crippen LogP contribution is 2.32. The predicted octanol–water partition coefficient (Wildman–Crippen LogP) is 6.43. The van der Waals surface area contributed by atoms with Gasteiger partial charge >= 0.3 is 6.09 Å². The van der Waals surface area contributed by atoms with Crippen LogP contribution in [0.3, 0.4) is 0 Å². The number of carbonyl (C=O) groups is 2. The van der Waals surface area contributed by atoms with E-state index in [2.05, 4.69) is 52.1 Å². The van der Waals surface area contributed by atoms with Crippen molar-refractivity contribution < 1.29 is 14.3 Å². The number of aryl methyl sites for hydroxylation is 1. The lowest BCUT2D eigenvalue weighted by Crippen LogP contribution is -2.55. The highest BCUT2D eigenvalue weighted by atomic mass is 32.1. The molecule has 1 heterocycles. The fourth-order valence-corrected chi connectivity index (χ4v) is 6.18. The van der Waals surface area contributed by atoms with Gasteiger partial charge in [-0.05, 0) is 72.1 Å². The number of ether oxygens (including phenoxy) is 1. The van der Waals surface area contributed by atoms with Gasteiger partial charge < -0.3 is 20.7 Å². The normalized spacial score (nSPS) is 21.4. The zero-order valence-electron chi connectivity index (χ0n) is 22.7. The summed E-state index contributed by atoms with van der Waals surface area (Å²) in [7, 11) is 0. The summed E-state index contributed by atoms with van der Waals surface area (Å²) in [6.45, 7) is 8.52. The molecule has 0 atom stereocenters. The average Bonchev–Trinajstić information content (AvgIpc) is 3.48. The third-order valence-corrected chi connectivity index (χ3v) is 8.23. The zero-order valence-corrected chi connectivity index (χ0v) is 23.5. The summed E-state index contributed by atoms with van der Waals surface area (Å²) in [5.74, 6) is 0.447. The van der Waals surface area contributed by atoms with Crippen LogP contribution in [0.1, 0.15) is 84.1 Å². The third-order valence-electron chi connectivity index (χ3n) is 7.47. The minimum absolute atomic E-state index is 0.0488. The van der Waals surface area contributed by atoms with Gasteiger partial charge in [0.15, 0.2) is 5.13 Å². The molecule has 2 aliphatic rings. The fraction of sp³-hybridized carbons (Fsp3) is 0.621. The van der Waals surface area contributed by atoms with Crippen molar-refractivity contribution in [3.05, 3.63) is 35.2 Å². The second kappa shape index (κ2) is 11.9. The number of anilines is 1. The maximum atomic E-state index is 12.7. The molecule has 2 saturated carbocycles. The number of alkyl carbamates (subject to hydrolysis) is 1. The Labute approximate surface area is 225 Å². The summed E-state index contributed by atoms with van der Waals surface area (Å²) in [4.78, 5) is 29.7. The van der Waals surface area contributed by atoms with Crippen LogP contribution in [0.4, 0.5) is 9.93 Å². The smallest absolute Gasteiger partial charge is 0.408 e. The molecule has 2 aliphatic carbocycles. The van der Waals surface area contributed by atoms with E-state index in [1.165, 1.54) is 16.9 Å². The molecule has 8 heteroatoms. The molecule has 0 spiro atoms. The van der Waals surface area contributed by atoms with Crippen LogP contribution in [0, 0.1) is 12.8 Å². The van der Waals surface area contributed by atoms with Gasteiger partial charge in [-0.15, -0.1) is 11.3 Å². The molecule has 7 nitrogen and oxygen atoms in total. The zero-order chi connectivity index (χ0) is 26.5. The maximum absolute atomic E-state index is 12.7. The van der Waals surface area contributed by atoms with E-state index in [0.717, 1.165) is 69.2 Å². The van der Waals surface area contributed by atoms with Crippen LogP contribution in [0.15, 0.2) is 29.6 Å². The van der Waals surface area contributed by atoms with Gasteiger partial charge in [-0.1, -0.05) is 42.7 Å². The highest BCUT2D eigenvalue weighted by molar-refractivity contribution is 7.14. The molecule has 0 bridgehead atoms. The number of hydrogen-bond donors (Lipinski definition) is 3.